The van der Waals surface area contributed by atoms with E-state index in [1.54, 1.807) is 0 Å². The highest BCUT2D eigenvalue weighted by Gasteiger charge is 2.25. The minimum Gasteiger partial charge on any atom is -0.507 e. The van der Waals surface area contributed by atoms with E-state index in [0.29, 0.717) is 0 Å². The van der Waals surface area contributed by atoms with E-state index in [9.17, 15) is 20.1 Å². The van der Waals surface area contributed by atoms with Gasteiger partial charge in [0.15, 0.2) is 0 Å². The van der Waals surface area contributed by atoms with E-state index in [-0.39, 0.29) is 5.56 Å². The smallest absolute Gasteiger partial charge is 0.335 e. The topological polar surface area (TPSA) is 138 Å². The molecule has 0 aromatic heterocycles. The minimum atomic E-state index is -1.72. The molecule has 0 aliphatic carbocycles. The number of aromatic carboxylic acids is 1. The summed E-state index contributed by atoms with van der Waals surface area (Å²) in [6, 6.07) is 1.65. The molecule has 1 rings (SSSR count). The first-order valence-electron chi connectivity index (χ1n) is 4.64. The number of aromatic hydroxyl groups is 2. The number of carboxylic acid groups (broad SMARTS) is 1. The Kier molecular flexibility index (Phi) is 3.89. The van der Waals surface area contributed by atoms with Crippen molar-refractivity contribution in [1.29, 1.82) is 0 Å². The highest BCUT2D eigenvalue weighted by Crippen LogP contribution is 2.35. The lowest BCUT2D eigenvalue weighted by Gasteiger charge is -2.18. The van der Waals surface area contributed by atoms with Crippen molar-refractivity contribution in [2.24, 2.45) is 0 Å². The molecule has 0 aliphatic rings. The second-order valence-electron chi connectivity index (χ2n) is 3.43. The van der Waals surface area contributed by atoms with Gasteiger partial charge in [-0.1, -0.05) is 0 Å². The number of benzene rings is 1. The lowest BCUT2D eigenvalue weighted by atomic mass is 10.0. The number of hydrogen-bond donors (Lipinski definition) is 6. The van der Waals surface area contributed by atoms with Crippen LogP contribution in [0.1, 0.15) is 22.0 Å². The summed E-state index contributed by atoms with van der Waals surface area (Å²) in [5.74, 6) is -2.72. The molecule has 0 heterocycles. The highest BCUT2D eigenvalue weighted by atomic mass is 16.4. The fraction of sp³-hybridized carbons (Fsp3) is 0.300. The van der Waals surface area contributed by atoms with Gasteiger partial charge in [0.25, 0.3) is 0 Å². The molecule has 1 aromatic carbocycles. The molecule has 2 unspecified atom stereocenters. The summed E-state index contributed by atoms with van der Waals surface area (Å²) >= 11 is 0. The number of aliphatic hydroxyl groups excluding tert-OH is 3. The van der Waals surface area contributed by atoms with Gasteiger partial charge in [0, 0.05) is 0 Å². The van der Waals surface area contributed by atoms with Gasteiger partial charge in [0.2, 0.25) is 0 Å². The predicted molar refractivity (Wildman–Crippen MR) is 54.8 cm³/mol. The van der Waals surface area contributed by atoms with Crippen molar-refractivity contribution in [3.8, 4) is 11.5 Å². The van der Waals surface area contributed by atoms with Crippen molar-refractivity contribution in [1.82, 2.24) is 0 Å². The maximum absolute atomic E-state index is 10.6. The Balaban J connectivity index is 3.22. The second-order valence-corrected chi connectivity index (χ2v) is 3.43. The lowest BCUT2D eigenvalue weighted by Crippen LogP contribution is -2.22. The van der Waals surface area contributed by atoms with Crippen LogP contribution in [0.3, 0.4) is 0 Å². The number of carboxylic acids is 1. The molecule has 17 heavy (non-hydrogen) atoms. The van der Waals surface area contributed by atoms with Crippen molar-refractivity contribution < 1.29 is 35.4 Å². The van der Waals surface area contributed by atoms with E-state index >= 15 is 0 Å². The quantitative estimate of drug-likeness (QED) is 0.407. The Morgan fingerprint density at radius 2 is 1.65 bits per heavy atom. The van der Waals surface area contributed by atoms with E-state index in [1.165, 1.54) is 0 Å². The summed E-state index contributed by atoms with van der Waals surface area (Å²) in [5.41, 5.74) is -0.800. The van der Waals surface area contributed by atoms with Gasteiger partial charge >= 0.3 is 5.97 Å². The maximum Gasteiger partial charge on any atom is 0.335 e. The van der Waals surface area contributed by atoms with Crippen LogP contribution in [-0.2, 0) is 0 Å². The summed E-state index contributed by atoms with van der Waals surface area (Å²) in [7, 11) is 0. The van der Waals surface area contributed by atoms with Gasteiger partial charge in [-0.3, -0.25) is 0 Å². The predicted octanol–water partition coefficient (Wildman–Crippen LogP) is -0.817. The first kappa shape index (κ1) is 13.2. The first-order valence-corrected chi connectivity index (χ1v) is 4.64. The number of hydrogen-bond acceptors (Lipinski definition) is 6. The molecular formula is C10H12O7. The van der Waals surface area contributed by atoms with Gasteiger partial charge in [-0.15, -0.1) is 0 Å². The molecule has 7 nitrogen and oxygen atoms in total. The third-order valence-corrected chi connectivity index (χ3v) is 2.23. The average Bonchev–Trinajstić information content (AvgIpc) is 2.26. The lowest BCUT2D eigenvalue weighted by molar-refractivity contribution is -0.0172. The highest BCUT2D eigenvalue weighted by molar-refractivity contribution is 5.89. The minimum absolute atomic E-state index is 0.366. The van der Waals surface area contributed by atoms with E-state index in [2.05, 4.69) is 0 Å². The van der Waals surface area contributed by atoms with E-state index < -0.39 is 41.8 Å². The fourth-order valence-electron chi connectivity index (χ4n) is 1.34. The Morgan fingerprint density at radius 3 is 2.00 bits per heavy atom. The Hall–Kier alpha value is -1.83. The van der Waals surface area contributed by atoms with Gasteiger partial charge in [-0.05, 0) is 12.1 Å². The molecule has 0 fully saturated rings. The van der Waals surface area contributed by atoms with Crippen LogP contribution in [0, 0.1) is 0 Å². The Labute approximate surface area is 95.8 Å². The molecular weight excluding hydrogens is 232 g/mol. The summed E-state index contributed by atoms with van der Waals surface area (Å²) < 4.78 is 0. The number of rotatable bonds is 4. The van der Waals surface area contributed by atoms with Crippen molar-refractivity contribution in [3.63, 3.8) is 0 Å². The van der Waals surface area contributed by atoms with E-state index in [0.717, 1.165) is 12.1 Å². The van der Waals surface area contributed by atoms with Crippen molar-refractivity contribution in [2.75, 3.05) is 6.61 Å². The van der Waals surface area contributed by atoms with Crippen LogP contribution in [0.25, 0.3) is 0 Å². The van der Waals surface area contributed by atoms with Gasteiger partial charge in [0.05, 0.1) is 17.7 Å². The van der Waals surface area contributed by atoms with Gasteiger partial charge < -0.3 is 30.6 Å². The van der Waals surface area contributed by atoms with Crippen LogP contribution in [-0.4, -0.2) is 49.3 Å². The first-order chi connectivity index (χ1) is 7.88. The van der Waals surface area contributed by atoms with Crippen LogP contribution < -0.4 is 0 Å². The molecule has 7 heteroatoms. The molecule has 94 valence electrons. The van der Waals surface area contributed by atoms with Crippen LogP contribution in [0.4, 0.5) is 0 Å². The second kappa shape index (κ2) is 5.00. The third-order valence-electron chi connectivity index (χ3n) is 2.23. The Morgan fingerprint density at radius 1 is 1.18 bits per heavy atom. The zero-order chi connectivity index (χ0) is 13.2. The summed E-state index contributed by atoms with van der Waals surface area (Å²) in [4.78, 5) is 10.6. The van der Waals surface area contributed by atoms with Crippen LogP contribution in [0.2, 0.25) is 0 Å². The van der Waals surface area contributed by atoms with E-state index in [1.807, 2.05) is 0 Å². The number of phenols is 2. The average molecular weight is 244 g/mol. The molecule has 0 amide bonds. The molecule has 2 atom stereocenters. The normalized spacial score (nSPS) is 14.3. The standard InChI is InChI=1S/C10H12O7/c11-3-7(14)9(15)8-5(12)1-4(10(16)17)2-6(8)13/h1-2,7,9,11-15H,3H2,(H,16,17). The number of aliphatic hydroxyl groups is 3. The number of phenolic OH excluding ortho intramolecular Hbond substituents is 2. The fourth-order valence-corrected chi connectivity index (χ4v) is 1.34. The molecule has 0 bridgehead atoms. The molecule has 0 radical (unpaired) electrons. The SMILES string of the molecule is O=C(O)c1cc(O)c(C(O)C(O)CO)c(O)c1. The van der Waals surface area contributed by atoms with Crippen molar-refractivity contribution in [3.05, 3.63) is 23.3 Å². The summed E-state index contributed by atoms with van der Waals surface area (Å²) in [6.45, 7) is -0.777. The zero-order valence-corrected chi connectivity index (χ0v) is 8.61. The maximum atomic E-state index is 10.6. The van der Waals surface area contributed by atoms with Crippen LogP contribution in [0.5, 0.6) is 11.5 Å². The van der Waals surface area contributed by atoms with Crippen molar-refractivity contribution >= 4 is 5.97 Å². The van der Waals surface area contributed by atoms with Gasteiger partial charge in [-0.25, -0.2) is 4.79 Å². The molecule has 1 aromatic rings. The molecule has 0 spiro atoms. The number of carbonyl (C=O) groups is 1. The van der Waals surface area contributed by atoms with Gasteiger partial charge in [-0.2, -0.15) is 0 Å². The van der Waals surface area contributed by atoms with Crippen LogP contribution in [0.15, 0.2) is 12.1 Å². The largest absolute Gasteiger partial charge is 0.507 e. The van der Waals surface area contributed by atoms with Gasteiger partial charge in [0.1, 0.15) is 23.7 Å². The third kappa shape index (κ3) is 2.64. The van der Waals surface area contributed by atoms with Crippen LogP contribution >= 0.6 is 0 Å². The molecule has 6 N–H and O–H groups in total. The molecule has 0 saturated heterocycles. The molecule has 0 aliphatic heterocycles. The zero-order valence-electron chi connectivity index (χ0n) is 8.61. The van der Waals surface area contributed by atoms with Crippen molar-refractivity contribution in [2.45, 2.75) is 12.2 Å². The summed E-state index contributed by atoms with van der Waals surface area (Å²) in [6.07, 6.45) is -3.31. The Bertz CT molecular complexity index is 406. The van der Waals surface area contributed by atoms with E-state index in [4.69, 9.17) is 15.3 Å². The molecule has 0 saturated carbocycles. The monoisotopic (exact) mass is 244 g/mol. The summed E-state index contributed by atoms with van der Waals surface area (Å²) in [5, 5.41) is 54.9.